The lowest BCUT2D eigenvalue weighted by atomic mass is 9.89. The molecule has 0 amide bonds. The topological polar surface area (TPSA) is 143 Å². The van der Waals surface area contributed by atoms with Crippen LogP contribution < -0.4 is 16.0 Å². The molecule has 160 valence electrons. The molecule has 0 saturated carbocycles. The number of ether oxygens (including phenoxy) is 1. The summed E-state index contributed by atoms with van der Waals surface area (Å²) in [5, 5.41) is 19.1. The normalized spacial score (nSPS) is 11.2. The van der Waals surface area contributed by atoms with E-state index < -0.39 is 52.1 Å². The van der Waals surface area contributed by atoms with Gasteiger partial charge in [0.15, 0.2) is 0 Å². The third kappa shape index (κ3) is 4.34. The summed E-state index contributed by atoms with van der Waals surface area (Å²) in [6, 6.07) is 10.5. The minimum Gasteiger partial charge on any atom is -0.478 e. The van der Waals surface area contributed by atoms with Crippen LogP contribution in [-0.4, -0.2) is 33.5 Å². The van der Waals surface area contributed by atoms with Gasteiger partial charge in [0.1, 0.15) is 22.7 Å². The lowest BCUT2D eigenvalue weighted by Gasteiger charge is -2.16. The molecule has 0 saturated heterocycles. The van der Waals surface area contributed by atoms with E-state index in [4.69, 9.17) is 5.73 Å². The number of H-pyrrole nitrogens is 1. The Bertz CT molecular complexity index is 1230. The number of benzene rings is 2. The number of alkyl halides is 3. The maximum absolute atomic E-state index is 12.4. The Morgan fingerprint density at radius 3 is 1.97 bits per heavy atom. The van der Waals surface area contributed by atoms with Crippen LogP contribution in [0.25, 0.3) is 22.3 Å². The molecule has 0 aliphatic rings. The molecule has 0 unspecified atom stereocenters. The zero-order valence-electron chi connectivity index (χ0n) is 15.4. The highest BCUT2D eigenvalue weighted by Gasteiger charge is 2.31. The first kappa shape index (κ1) is 21.4. The average molecular weight is 434 g/mol. The lowest BCUT2D eigenvalue weighted by Crippen LogP contribution is -2.24. The maximum atomic E-state index is 12.4. The van der Waals surface area contributed by atoms with E-state index in [1.54, 1.807) is 6.07 Å². The van der Waals surface area contributed by atoms with E-state index in [9.17, 15) is 37.8 Å². The van der Waals surface area contributed by atoms with Crippen molar-refractivity contribution in [3.8, 4) is 28.0 Å². The molecule has 0 atom stereocenters. The van der Waals surface area contributed by atoms with Crippen LogP contribution in [0.2, 0.25) is 0 Å². The number of aromatic amines is 1. The van der Waals surface area contributed by atoms with Gasteiger partial charge < -0.3 is 25.7 Å². The van der Waals surface area contributed by atoms with Crippen LogP contribution in [-0.2, 0) is 0 Å². The Kier molecular flexibility index (Phi) is 5.43. The van der Waals surface area contributed by atoms with Gasteiger partial charge in [0.25, 0.3) is 5.56 Å². The molecule has 1 aromatic heterocycles. The average Bonchev–Trinajstić information content (AvgIpc) is 2.66. The van der Waals surface area contributed by atoms with Crippen molar-refractivity contribution in [3.63, 3.8) is 0 Å². The zero-order chi connectivity index (χ0) is 22.9. The molecule has 8 nitrogen and oxygen atoms in total. The smallest absolute Gasteiger partial charge is 0.478 e. The van der Waals surface area contributed by atoms with Crippen molar-refractivity contribution in [2.24, 2.45) is 0 Å². The van der Waals surface area contributed by atoms with Crippen molar-refractivity contribution < 1.29 is 37.7 Å². The van der Waals surface area contributed by atoms with Crippen molar-refractivity contribution in [1.29, 1.82) is 0 Å². The number of pyridine rings is 1. The highest BCUT2D eigenvalue weighted by molar-refractivity contribution is 6.09. The Labute approximate surface area is 171 Å². The first-order valence-corrected chi connectivity index (χ1v) is 8.47. The number of hydrogen-bond donors (Lipinski definition) is 4. The second-order valence-corrected chi connectivity index (χ2v) is 6.22. The molecule has 0 aliphatic carbocycles. The van der Waals surface area contributed by atoms with E-state index in [-0.39, 0.29) is 11.1 Å². The van der Waals surface area contributed by atoms with Gasteiger partial charge in [0.2, 0.25) is 0 Å². The van der Waals surface area contributed by atoms with Crippen LogP contribution in [0.3, 0.4) is 0 Å². The number of aromatic nitrogens is 1. The van der Waals surface area contributed by atoms with Crippen LogP contribution in [0.5, 0.6) is 5.75 Å². The SMILES string of the molecule is Nc1[nH]c(=O)c(C(=O)O)c(-c2ccccc2-c2ccc(OC(F)(F)F)cc2)c1C(=O)O. The molecule has 0 spiro atoms. The zero-order valence-corrected chi connectivity index (χ0v) is 15.4. The second-order valence-electron chi connectivity index (χ2n) is 6.22. The molecule has 11 heteroatoms. The number of halogens is 3. The monoisotopic (exact) mass is 434 g/mol. The number of carbonyl (C=O) groups is 2. The maximum Gasteiger partial charge on any atom is 0.573 e. The third-order valence-electron chi connectivity index (χ3n) is 4.27. The second kappa shape index (κ2) is 7.86. The molecule has 0 aliphatic heterocycles. The van der Waals surface area contributed by atoms with Gasteiger partial charge in [0, 0.05) is 5.56 Å². The van der Waals surface area contributed by atoms with Gasteiger partial charge >= 0.3 is 18.3 Å². The predicted octanol–water partition coefficient (Wildman–Crippen LogP) is 3.59. The molecular weight excluding hydrogens is 421 g/mol. The molecule has 0 fully saturated rings. The lowest BCUT2D eigenvalue weighted by molar-refractivity contribution is -0.274. The number of anilines is 1. The number of nitrogens with one attached hydrogen (secondary N) is 1. The van der Waals surface area contributed by atoms with Crippen molar-refractivity contribution in [2.45, 2.75) is 6.36 Å². The van der Waals surface area contributed by atoms with Crippen molar-refractivity contribution in [1.82, 2.24) is 4.98 Å². The first-order chi connectivity index (χ1) is 14.5. The number of nitrogen functional groups attached to an aromatic ring is 1. The summed E-state index contributed by atoms with van der Waals surface area (Å²) in [4.78, 5) is 37.8. The molecule has 0 bridgehead atoms. The van der Waals surface area contributed by atoms with Crippen molar-refractivity contribution >= 4 is 17.8 Å². The fourth-order valence-corrected chi connectivity index (χ4v) is 3.11. The van der Waals surface area contributed by atoms with Crippen LogP contribution in [0, 0.1) is 0 Å². The van der Waals surface area contributed by atoms with Gasteiger partial charge in [-0.2, -0.15) is 0 Å². The molecular formula is C20H13F3N2O6. The summed E-state index contributed by atoms with van der Waals surface area (Å²) in [7, 11) is 0. The van der Waals surface area contributed by atoms with Gasteiger partial charge in [-0.1, -0.05) is 36.4 Å². The van der Waals surface area contributed by atoms with Gasteiger partial charge in [0.05, 0.1) is 0 Å². The molecule has 2 aromatic carbocycles. The molecule has 0 radical (unpaired) electrons. The van der Waals surface area contributed by atoms with Gasteiger partial charge in [-0.05, 0) is 28.8 Å². The molecule has 31 heavy (non-hydrogen) atoms. The Balaban J connectivity index is 2.28. The minimum atomic E-state index is -4.88. The van der Waals surface area contributed by atoms with Crippen molar-refractivity contribution in [2.75, 3.05) is 5.73 Å². The van der Waals surface area contributed by atoms with Gasteiger partial charge in [-0.3, -0.25) is 4.79 Å². The van der Waals surface area contributed by atoms with E-state index in [2.05, 4.69) is 4.74 Å². The predicted molar refractivity (Wildman–Crippen MR) is 103 cm³/mol. The van der Waals surface area contributed by atoms with Crippen LogP contribution >= 0.6 is 0 Å². The highest BCUT2D eigenvalue weighted by Crippen LogP contribution is 2.37. The van der Waals surface area contributed by atoms with E-state index >= 15 is 0 Å². The van der Waals surface area contributed by atoms with Gasteiger partial charge in [-0.15, -0.1) is 13.2 Å². The van der Waals surface area contributed by atoms with Crippen molar-refractivity contribution in [3.05, 3.63) is 70.0 Å². The summed E-state index contributed by atoms with van der Waals surface area (Å²) in [6.45, 7) is 0. The molecule has 5 N–H and O–H groups in total. The van der Waals surface area contributed by atoms with E-state index in [0.29, 0.717) is 5.56 Å². The van der Waals surface area contributed by atoms with Gasteiger partial charge in [-0.25, -0.2) is 9.59 Å². The summed E-state index contributed by atoms with van der Waals surface area (Å²) < 4.78 is 41.0. The fourth-order valence-electron chi connectivity index (χ4n) is 3.11. The van der Waals surface area contributed by atoms with Crippen LogP contribution in [0.4, 0.5) is 19.0 Å². The Morgan fingerprint density at radius 2 is 1.45 bits per heavy atom. The molecule has 1 heterocycles. The number of aromatic carboxylic acids is 2. The number of nitrogens with two attached hydrogens (primary N) is 1. The van der Waals surface area contributed by atoms with E-state index in [1.807, 2.05) is 4.98 Å². The number of rotatable bonds is 5. The Hall–Kier alpha value is -4.28. The summed E-state index contributed by atoms with van der Waals surface area (Å²) in [5.74, 6) is -4.27. The van der Waals surface area contributed by atoms with E-state index in [1.165, 1.54) is 30.3 Å². The summed E-state index contributed by atoms with van der Waals surface area (Å²) >= 11 is 0. The number of carboxylic acids is 2. The standard InChI is InChI=1S/C20H13F3N2O6/c21-20(22,23)31-10-7-5-9(6-8-10)11-3-1-2-4-12(11)13-14(18(27)28)16(24)25-17(26)15(13)19(29)30/h1-8H,(H,27,28)(H,29,30)(H3,24,25,26). The third-order valence-corrected chi connectivity index (χ3v) is 4.27. The summed E-state index contributed by atoms with van der Waals surface area (Å²) in [5.41, 5.74) is 3.28. The Morgan fingerprint density at radius 1 is 0.903 bits per heavy atom. The molecule has 3 rings (SSSR count). The first-order valence-electron chi connectivity index (χ1n) is 8.47. The largest absolute Gasteiger partial charge is 0.573 e. The summed E-state index contributed by atoms with van der Waals surface area (Å²) in [6.07, 6.45) is -4.88. The number of carboxylic acid groups (broad SMARTS) is 2. The fraction of sp³-hybridized carbons (Fsp3) is 0.0500. The van der Waals surface area contributed by atoms with E-state index in [0.717, 1.165) is 12.1 Å². The van der Waals surface area contributed by atoms with Crippen LogP contribution in [0.1, 0.15) is 20.7 Å². The molecule has 3 aromatic rings. The number of hydrogen-bond acceptors (Lipinski definition) is 5. The highest BCUT2D eigenvalue weighted by atomic mass is 19.4. The quantitative estimate of drug-likeness (QED) is 0.481. The van der Waals surface area contributed by atoms with Crippen LogP contribution in [0.15, 0.2) is 53.3 Å². The minimum absolute atomic E-state index is 0.0413.